The zero-order chi connectivity index (χ0) is 35.0. The number of carbonyl (C=O) groups excluding carboxylic acids is 4. The zero-order valence-electron chi connectivity index (χ0n) is 29.1. The number of unbranched alkanes of at least 4 members (excludes halogenated alkanes) is 14. The van der Waals surface area contributed by atoms with Crippen molar-refractivity contribution >= 4 is 24.1 Å². The van der Waals surface area contributed by atoms with Crippen molar-refractivity contribution in [2.24, 2.45) is 0 Å². The summed E-state index contributed by atoms with van der Waals surface area (Å²) in [5.74, 6) is -1.27. The van der Waals surface area contributed by atoms with Gasteiger partial charge in [-0.15, -0.1) is 0 Å². The van der Waals surface area contributed by atoms with Gasteiger partial charge in [-0.2, -0.15) is 0 Å². The summed E-state index contributed by atoms with van der Waals surface area (Å²) in [6, 6.07) is 19.2. The molecule has 2 aromatic rings. The number of rotatable bonds is 26. The minimum Gasteiger partial charge on any atom is -0.445 e. The van der Waals surface area contributed by atoms with Gasteiger partial charge < -0.3 is 24.8 Å². The van der Waals surface area contributed by atoms with Gasteiger partial charge in [0.05, 0.1) is 0 Å². The third kappa shape index (κ3) is 24.4. The number of hydrogen-bond acceptors (Lipinski definition) is 7. The molecule has 2 amide bonds. The Hall–Kier alpha value is -4.40. The molecule has 49 heavy (non-hydrogen) atoms. The first-order valence-electron chi connectivity index (χ1n) is 18.0. The van der Waals surface area contributed by atoms with Crippen molar-refractivity contribution in [1.29, 1.82) is 0 Å². The van der Waals surface area contributed by atoms with Gasteiger partial charge in [-0.3, -0.25) is 0 Å². The van der Waals surface area contributed by atoms with Crippen molar-refractivity contribution in [2.75, 3.05) is 13.1 Å². The summed E-state index contributed by atoms with van der Waals surface area (Å²) in [6.45, 7) is 1.79. The molecule has 2 N–H and O–H groups in total. The fraction of sp³-hybridized carbons (Fsp3) is 0.500. The maximum Gasteiger partial charge on any atom is 0.407 e. The van der Waals surface area contributed by atoms with Gasteiger partial charge in [-0.1, -0.05) is 137 Å². The molecule has 0 heterocycles. The molecular formula is C40H56N2O7. The molecule has 0 saturated carbocycles. The Morgan fingerprint density at radius 2 is 0.816 bits per heavy atom. The second kappa shape index (κ2) is 28.6. The molecule has 0 saturated heterocycles. The minimum atomic E-state index is -0.633. The Balaban J connectivity index is 1.30. The summed E-state index contributed by atoms with van der Waals surface area (Å²) in [7, 11) is 0. The molecule has 0 bridgehead atoms. The SMILES string of the molecule is O=C(C=CCCCCCCCCCNC(=O)OCc1ccccc1)OC(=O)C=CCCCCCCCCCNC(=O)OCc1ccccc1. The van der Waals surface area contributed by atoms with Crippen LogP contribution in [0.2, 0.25) is 0 Å². The van der Waals surface area contributed by atoms with Crippen molar-refractivity contribution in [1.82, 2.24) is 10.6 Å². The minimum absolute atomic E-state index is 0.279. The lowest BCUT2D eigenvalue weighted by molar-refractivity contribution is -0.152. The van der Waals surface area contributed by atoms with Crippen LogP contribution in [0.4, 0.5) is 9.59 Å². The Morgan fingerprint density at radius 3 is 1.20 bits per heavy atom. The van der Waals surface area contributed by atoms with Gasteiger partial charge in [-0.05, 0) is 49.7 Å². The first-order valence-corrected chi connectivity index (χ1v) is 18.0. The summed E-state index contributed by atoms with van der Waals surface area (Å²) in [4.78, 5) is 47.2. The molecule has 0 aliphatic rings. The van der Waals surface area contributed by atoms with Crippen molar-refractivity contribution < 1.29 is 33.4 Å². The topological polar surface area (TPSA) is 120 Å². The third-order valence-electron chi connectivity index (χ3n) is 7.77. The Morgan fingerprint density at radius 1 is 0.469 bits per heavy atom. The number of ether oxygens (including phenoxy) is 3. The Kier molecular flexibility index (Phi) is 23.8. The van der Waals surface area contributed by atoms with E-state index < -0.39 is 11.9 Å². The fourth-order valence-electron chi connectivity index (χ4n) is 5.00. The lowest BCUT2D eigenvalue weighted by atomic mass is 10.1. The lowest BCUT2D eigenvalue weighted by Gasteiger charge is -2.07. The van der Waals surface area contributed by atoms with E-state index in [0.29, 0.717) is 13.1 Å². The van der Waals surface area contributed by atoms with E-state index in [0.717, 1.165) is 114 Å². The van der Waals surface area contributed by atoms with Gasteiger partial charge in [0, 0.05) is 25.2 Å². The van der Waals surface area contributed by atoms with E-state index in [9.17, 15) is 19.2 Å². The van der Waals surface area contributed by atoms with Crippen LogP contribution in [0.25, 0.3) is 0 Å². The van der Waals surface area contributed by atoms with Crippen LogP contribution in [0.15, 0.2) is 85.0 Å². The molecule has 0 unspecified atom stereocenters. The maximum atomic E-state index is 11.9. The zero-order valence-corrected chi connectivity index (χ0v) is 29.1. The van der Waals surface area contributed by atoms with Crippen LogP contribution in [0.1, 0.15) is 114 Å². The highest BCUT2D eigenvalue weighted by Crippen LogP contribution is 2.10. The van der Waals surface area contributed by atoms with E-state index in [2.05, 4.69) is 10.6 Å². The summed E-state index contributed by atoms with van der Waals surface area (Å²) in [5.41, 5.74) is 1.94. The molecule has 0 fully saturated rings. The predicted octanol–water partition coefficient (Wildman–Crippen LogP) is 9.26. The second-order valence-electron chi connectivity index (χ2n) is 12.0. The number of carbonyl (C=O) groups is 4. The van der Waals surface area contributed by atoms with E-state index in [4.69, 9.17) is 14.2 Å². The summed E-state index contributed by atoms with van der Waals surface area (Å²) in [6.07, 6.45) is 21.8. The lowest BCUT2D eigenvalue weighted by Crippen LogP contribution is -2.25. The first kappa shape index (κ1) is 40.8. The first-order chi connectivity index (χ1) is 24.0. The highest BCUT2D eigenvalue weighted by atomic mass is 16.6. The smallest absolute Gasteiger partial charge is 0.407 e. The van der Waals surface area contributed by atoms with Crippen LogP contribution in [0.5, 0.6) is 0 Å². The van der Waals surface area contributed by atoms with Crippen LogP contribution in [0, 0.1) is 0 Å². The summed E-state index contributed by atoms with van der Waals surface area (Å²) < 4.78 is 15.2. The highest BCUT2D eigenvalue weighted by molar-refractivity contribution is 5.96. The van der Waals surface area contributed by atoms with Crippen molar-refractivity contribution in [3.05, 3.63) is 96.1 Å². The molecule has 268 valence electrons. The van der Waals surface area contributed by atoms with Gasteiger partial charge in [0.25, 0.3) is 0 Å². The molecule has 9 nitrogen and oxygen atoms in total. The molecule has 9 heteroatoms. The molecular weight excluding hydrogens is 620 g/mol. The largest absolute Gasteiger partial charge is 0.445 e. The highest BCUT2D eigenvalue weighted by Gasteiger charge is 2.04. The fourth-order valence-corrected chi connectivity index (χ4v) is 5.00. The number of esters is 2. The van der Waals surface area contributed by atoms with Gasteiger partial charge in [-0.25, -0.2) is 19.2 Å². The standard InChI is InChI=1S/C40H56N2O7/c43-37(29-21-11-7-3-1-5-9-13-23-31-41-39(45)47-33-35-25-17-15-18-26-35)49-38(44)30-22-12-8-4-2-6-10-14-24-32-42-40(46)48-34-36-27-19-16-20-28-36/h15-22,25-30H,1-14,23-24,31-34H2,(H,41,45)(H,42,46). The second-order valence-corrected chi connectivity index (χ2v) is 12.0. The molecule has 0 aliphatic carbocycles. The van der Waals surface area contributed by atoms with Gasteiger partial charge >= 0.3 is 24.1 Å². The van der Waals surface area contributed by atoms with Crippen LogP contribution in [-0.4, -0.2) is 37.2 Å². The third-order valence-corrected chi connectivity index (χ3v) is 7.77. The number of allylic oxidation sites excluding steroid dienone is 2. The van der Waals surface area contributed by atoms with Crippen LogP contribution >= 0.6 is 0 Å². The molecule has 0 atom stereocenters. The van der Waals surface area contributed by atoms with Crippen molar-refractivity contribution in [3.63, 3.8) is 0 Å². The summed E-state index contributed by atoms with van der Waals surface area (Å²) >= 11 is 0. The van der Waals surface area contributed by atoms with Crippen LogP contribution in [0.3, 0.4) is 0 Å². The maximum absolute atomic E-state index is 11.9. The number of hydrogen-bond donors (Lipinski definition) is 2. The van der Waals surface area contributed by atoms with Gasteiger partial charge in [0.1, 0.15) is 13.2 Å². The van der Waals surface area contributed by atoms with Gasteiger partial charge in [0.2, 0.25) is 0 Å². The Labute approximate surface area is 292 Å². The Bertz CT molecular complexity index is 1140. The number of amides is 2. The van der Waals surface area contributed by atoms with E-state index in [1.807, 2.05) is 60.7 Å². The molecule has 0 radical (unpaired) electrons. The number of benzene rings is 2. The van der Waals surface area contributed by atoms with E-state index >= 15 is 0 Å². The van der Waals surface area contributed by atoms with Crippen LogP contribution in [-0.2, 0) is 37.0 Å². The van der Waals surface area contributed by atoms with Gasteiger partial charge in [0.15, 0.2) is 0 Å². The molecule has 0 aromatic heterocycles. The van der Waals surface area contributed by atoms with E-state index in [1.165, 1.54) is 12.2 Å². The quantitative estimate of drug-likeness (QED) is 0.0335. The van der Waals surface area contributed by atoms with Crippen molar-refractivity contribution in [2.45, 2.75) is 116 Å². The molecule has 0 spiro atoms. The monoisotopic (exact) mass is 676 g/mol. The normalized spacial score (nSPS) is 11.0. The molecule has 2 aromatic carbocycles. The molecule has 2 rings (SSSR count). The van der Waals surface area contributed by atoms with Crippen LogP contribution < -0.4 is 10.6 Å². The van der Waals surface area contributed by atoms with Crippen molar-refractivity contribution in [3.8, 4) is 0 Å². The number of nitrogens with one attached hydrogen (secondary N) is 2. The van der Waals surface area contributed by atoms with E-state index in [1.54, 1.807) is 12.2 Å². The summed E-state index contributed by atoms with van der Waals surface area (Å²) in [5, 5.41) is 5.58. The average Bonchev–Trinajstić information content (AvgIpc) is 3.11. The number of alkyl carbamates (subject to hydrolysis) is 2. The van der Waals surface area contributed by atoms with E-state index in [-0.39, 0.29) is 25.4 Å². The predicted molar refractivity (Wildman–Crippen MR) is 193 cm³/mol. The average molecular weight is 677 g/mol. The molecule has 0 aliphatic heterocycles.